The van der Waals surface area contributed by atoms with Crippen LogP contribution in [0.1, 0.15) is 5.56 Å². The van der Waals surface area contributed by atoms with Crippen molar-refractivity contribution in [3.63, 3.8) is 0 Å². The molecule has 0 bridgehead atoms. The number of nitrogens with one attached hydrogen (secondary N) is 2. The van der Waals surface area contributed by atoms with E-state index in [1.165, 1.54) is 14.2 Å². The van der Waals surface area contributed by atoms with Gasteiger partial charge in [0, 0.05) is 5.69 Å². The predicted octanol–water partition coefficient (Wildman–Crippen LogP) is 1.03. The summed E-state index contributed by atoms with van der Waals surface area (Å²) in [5.74, 6) is 0.115. The molecule has 0 unspecified atom stereocenters. The molecule has 16 heavy (non-hydrogen) atoms. The minimum absolute atomic E-state index is 0.180. The van der Waals surface area contributed by atoms with Gasteiger partial charge in [0.1, 0.15) is 5.75 Å². The Balaban J connectivity index is 2.42. The fraction of sp³-hybridized carbons (Fsp3) is 0.273. The van der Waals surface area contributed by atoms with E-state index < -0.39 is 12.0 Å². The lowest BCUT2D eigenvalue weighted by Gasteiger charge is -2.08. The molecule has 0 radical (unpaired) electrons. The van der Waals surface area contributed by atoms with Crippen LogP contribution in [0.2, 0.25) is 0 Å². The number of carbonyl (C=O) groups is 1. The number of fused-ring (bicyclic) bond motifs is 1. The number of hydrogen-bond donors (Lipinski definition) is 2. The largest absolute Gasteiger partial charge is 0.496 e. The molecule has 0 aromatic heterocycles. The molecular weight excluding hydrogens is 208 g/mol. The molecule has 1 aromatic carbocycles. The molecule has 0 spiro atoms. The summed E-state index contributed by atoms with van der Waals surface area (Å²) < 4.78 is 9.78. The number of benzene rings is 1. The van der Waals surface area contributed by atoms with E-state index in [1.54, 1.807) is 18.2 Å². The van der Waals surface area contributed by atoms with Gasteiger partial charge < -0.3 is 20.2 Å². The number of hydrogen-bond acceptors (Lipinski definition) is 5. The van der Waals surface area contributed by atoms with E-state index in [0.29, 0.717) is 11.3 Å². The van der Waals surface area contributed by atoms with Crippen molar-refractivity contribution in [2.24, 2.45) is 0 Å². The molecule has 0 aliphatic carbocycles. The molecule has 5 heteroatoms. The predicted molar refractivity (Wildman–Crippen MR) is 59.2 cm³/mol. The molecule has 0 fully saturated rings. The first-order chi connectivity index (χ1) is 7.69. The molecule has 2 rings (SSSR count). The van der Waals surface area contributed by atoms with E-state index >= 15 is 0 Å². The van der Waals surface area contributed by atoms with Crippen molar-refractivity contribution in [1.29, 1.82) is 5.41 Å². The van der Waals surface area contributed by atoms with Gasteiger partial charge in [0.05, 0.1) is 25.5 Å². The van der Waals surface area contributed by atoms with Gasteiger partial charge in [0.15, 0.2) is 6.04 Å². The van der Waals surface area contributed by atoms with Gasteiger partial charge in [-0.3, -0.25) is 0 Å². The van der Waals surface area contributed by atoms with Crippen LogP contribution in [0, 0.1) is 5.41 Å². The van der Waals surface area contributed by atoms with Crippen LogP contribution in [0.4, 0.5) is 5.69 Å². The minimum Gasteiger partial charge on any atom is -0.496 e. The molecule has 0 saturated carbocycles. The molecular formula is C11H12N2O3. The third-order valence-electron chi connectivity index (χ3n) is 2.54. The molecule has 1 heterocycles. The molecule has 0 saturated heterocycles. The summed E-state index contributed by atoms with van der Waals surface area (Å²) in [6.07, 6.45) is 0. The number of esters is 1. The number of carbonyl (C=O) groups excluding carboxylic acids is 1. The first-order valence-corrected chi connectivity index (χ1v) is 4.79. The highest BCUT2D eigenvalue weighted by Gasteiger charge is 2.35. The highest BCUT2D eigenvalue weighted by molar-refractivity contribution is 6.22. The van der Waals surface area contributed by atoms with Crippen LogP contribution >= 0.6 is 0 Å². The molecule has 1 aliphatic heterocycles. The topological polar surface area (TPSA) is 71.4 Å². The lowest BCUT2D eigenvalue weighted by molar-refractivity contribution is -0.139. The zero-order chi connectivity index (χ0) is 11.7. The third kappa shape index (κ3) is 1.41. The monoisotopic (exact) mass is 220 g/mol. The molecule has 5 nitrogen and oxygen atoms in total. The fourth-order valence-corrected chi connectivity index (χ4v) is 1.77. The van der Waals surface area contributed by atoms with E-state index in [1.807, 2.05) is 0 Å². The number of ether oxygens (including phenoxy) is 2. The van der Waals surface area contributed by atoms with Crippen LogP contribution in [-0.4, -0.2) is 31.9 Å². The maximum absolute atomic E-state index is 11.4. The summed E-state index contributed by atoms with van der Waals surface area (Å²) in [6.45, 7) is 0. The Kier molecular flexibility index (Phi) is 2.52. The second-order valence-electron chi connectivity index (χ2n) is 3.40. The Bertz CT molecular complexity index is 457. The summed E-state index contributed by atoms with van der Waals surface area (Å²) >= 11 is 0. The van der Waals surface area contributed by atoms with Crippen molar-refractivity contribution < 1.29 is 14.3 Å². The summed E-state index contributed by atoms with van der Waals surface area (Å²) in [6, 6.07) is 4.62. The van der Waals surface area contributed by atoms with Crippen LogP contribution < -0.4 is 10.1 Å². The Morgan fingerprint density at radius 2 is 2.19 bits per heavy atom. The van der Waals surface area contributed by atoms with Gasteiger partial charge in [0.25, 0.3) is 0 Å². The summed E-state index contributed by atoms with van der Waals surface area (Å²) in [7, 11) is 2.84. The second kappa shape index (κ2) is 3.84. The van der Waals surface area contributed by atoms with Gasteiger partial charge in [-0.05, 0) is 12.1 Å². The van der Waals surface area contributed by atoms with Gasteiger partial charge in [-0.2, -0.15) is 0 Å². The number of rotatable bonds is 2. The van der Waals surface area contributed by atoms with Gasteiger partial charge in [-0.25, -0.2) is 4.79 Å². The zero-order valence-corrected chi connectivity index (χ0v) is 9.03. The minimum atomic E-state index is -0.740. The first kappa shape index (κ1) is 10.5. The highest BCUT2D eigenvalue weighted by atomic mass is 16.5. The first-order valence-electron chi connectivity index (χ1n) is 4.79. The third-order valence-corrected chi connectivity index (χ3v) is 2.54. The highest BCUT2D eigenvalue weighted by Crippen LogP contribution is 2.33. The lowest BCUT2D eigenvalue weighted by Crippen LogP contribution is -2.33. The van der Waals surface area contributed by atoms with E-state index in [0.717, 1.165) is 5.69 Å². The van der Waals surface area contributed by atoms with Crippen LogP contribution in [0.25, 0.3) is 0 Å². The quantitative estimate of drug-likeness (QED) is 0.730. The van der Waals surface area contributed by atoms with Crippen molar-refractivity contribution in [2.75, 3.05) is 19.5 Å². The molecule has 1 aromatic rings. The molecule has 84 valence electrons. The van der Waals surface area contributed by atoms with Crippen molar-refractivity contribution in [1.82, 2.24) is 0 Å². The lowest BCUT2D eigenvalue weighted by atomic mass is 10.1. The smallest absolute Gasteiger partial charge is 0.334 e. The average molecular weight is 220 g/mol. The molecule has 2 N–H and O–H groups in total. The maximum atomic E-state index is 11.4. The Labute approximate surface area is 92.9 Å². The van der Waals surface area contributed by atoms with E-state index in [-0.39, 0.29) is 5.71 Å². The Morgan fingerprint density at radius 1 is 1.44 bits per heavy atom. The summed E-state index contributed by atoms with van der Waals surface area (Å²) in [5, 5.41) is 10.9. The van der Waals surface area contributed by atoms with Crippen molar-refractivity contribution >= 4 is 17.4 Å². The van der Waals surface area contributed by atoms with Crippen LogP contribution in [0.3, 0.4) is 0 Å². The SMILES string of the molecule is COC(=O)[C@@H]1Nc2cccc(OC)c2C1=N. The van der Waals surface area contributed by atoms with Crippen molar-refractivity contribution in [3.05, 3.63) is 23.8 Å². The molecule has 0 amide bonds. The number of methoxy groups -OCH3 is 2. The van der Waals surface area contributed by atoms with Gasteiger partial charge in [0.2, 0.25) is 0 Å². The summed E-state index contributed by atoms with van der Waals surface area (Å²) in [5.41, 5.74) is 1.53. The van der Waals surface area contributed by atoms with Crippen molar-refractivity contribution in [2.45, 2.75) is 6.04 Å². The maximum Gasteiger partial charge on any atom is 0.334 e. The normalized spacial score (nSPS) is 17.6. The van der Waals surface area contributed by atoms with Gasteiger partial charge >= 0.3 is 5.97 Å². The van der Waals surface area contributed by atoms with Gasteiger partial charge in [-0.15, -0.1) is 0 Å². The average Bonchev–Trinajstić information content (AvgIpc) is 2.66. The fourth-order valence-electron chi connectivity index (χ4n) is 1.77. The van der Waals surface area contributed by atoms with E-state index in [9.17, 15) is 4.79 Å². The standard InChI is InChI=1S/C11H12N2O3/c1-15-7-5-3-4-6-8(7)9(12)10(13-6)11(14)16-2/h3-5,10,12-13H,1-2H3/t10-/m1/s1. The van der Waals surface area contributed by atoms with Crippen LogP contribution in [-0.2, 0) is 9.53 Å². The zero-order valence-electron chi connectivity index (χ0n) is 9.03. The second-order valence-corrected chi connectivity index (χ2v) is 3.40. The molecule has 1 atom stereocenters. The molecule has 1 aliphatic rings. The Hall–Kier alpha value is -2.04. The van der Waals surface area contributed by atoms with Gasteiger partial charge in [-0.1, -0.05) is 6.07 Å². The van der Waals surface area contributed by atoms with Crippen LogP contribution in [0.15, 0.2) is 18.2 Å². The van der Waals surface area contributed by atoms with E-state index in [4.69, 9.17) is 10.1 Å². The van der Waals surface area contributed by atoms with Crippen molar-refractivity contribution in [3.8, 4) is 5.75 Å². The van der Waals surface area contributed by atoms with Crippen LogP contribution in [0.5, 0.6) is 5.75 Å². The Morgan fingerprint density at radius 3 is 2.81 bits per heavy atom. The summed E-state index contributed by atoms with van der Waals surface area (Å²) in [4.78, 5) is 11.4. The number of anilines is 1. The van der Waals surface area contributed by atoms with E-state index in [2.05, 4.69) is 10.1 Å².